The Hall–Kier alpha value is -2.37. The third kappa shape index (κ3) is 2.85. The lowest BCUT2D eigenvalue weighted by atomic mass is 10.3. The Morgan fingerprint density at radius 3 is 2.94 bits per heavy atom. The number of hydrogen-bond acceptors (Lipinski definition) is 4. The van der Waals surface area contributed by atoms with E-state index in [1.165, 1.54) is 0 Å². The number of pyridine rings is 1. The fourth-order valence-corrected chi connectivity index (χ4v) is 1.54. The second-order valence-electron chi connectivity index (χ2n) is 3.86. The van der Waals surface area contributed by atoms with Crippen LogP contribution in [0.1, 0.15) is 16.1 Å². The Morgan fingerprint density at radius 2 is 2.28 bits per heavy atom. The molecule has 0 unspecified atom stereocenters. The highest BCUT2D eigenvalue weighted by molar-refractivity contribution is 5.92. The van der Waals surface area contributed by atoms with E-state index in [4.69, 9.17) is 0 Å². The van der Waals surface area contributed by atoms with Gasteiger partial charge in [0, 0.05) is 32.4 Å². The summed E-state index contributed by atoms with van der Waals surface area (Å²) in [6, 6.07) is 5.27. The molecule has 0 fully saturated rings. The molecule has 0 saturated carbocycles. The summed E-state index contributed by atoms with van der Waals surface area (Å²) in [5.74, 6) is 0.472. The molecule has 2 rings (SSSR count). The highest BCUT2D eigenvalue weighted by Gasteiger charge is 2.07. The van der Waals surface area contributed by atoms with Gasteiger partial charge in [-0.25, -0.2) is 4.98 Å². The summed E-state index contributed by atoms with van der Waals surface area (Å²) in [5, 5.41) is 9.73. The van der Waals surface area contributed by atoms with Crippen molar-refractivity contribution in [3.05, 3.63) is 41.9 Å². The predicted octanol–water partition coefficient (Wildman–Crippen LogP) is 0.787. The molecule has 0 saturated heterocycles. The molecule has 0 spiro atoms. The van der Waals surface area contributed by atoms with E-state index in [9.17, 15) is 4.79 Å². The molecule has 0 aliphatic rings. The van der Waals surface area contributed by atoms with Crippen LogP contribution in [0.25, 0.3) is 0 Å². The molecular formula is C12H15N5O. The van der Waals surface area contributed by atoms with Crippen molar-refractivity contribution in [2.75, 3.05) is 12.4 Å². The van der Waals surface area contributed by atoms with E-state index in [0.717, 1.165) is 5.56 Å². The summed E-state index contributed by atoms with van der Waals surface area (Å²) in [6.45, 7) is 0.443. The third-order valence-corrected chi connectivity index (χ3v) is 2.45. The Morgan fingerprint density at radius 1 is 1.44 bits per heavy atom. The lowest BCUT2D eigenvalue weighted by molar-refractivity contribution is 0.0946. The average Bonchev–Trinajstić information content (AvgIpc) is 2.82. The number of anilines is 1. The first-order valence-corrected chi connectivity index (χ1v) is 5.59. The van der Waals surface area contributed by atoms with Crippen LogP contribution in [0.2, 0.25) is 0 Å². The van der Waals surface area contributed by atoms with Crippen molar-refractivity contribution in [2.24, 2.45) is 7.05 Å². The van der Waals surface area contributed by atoms with Gasteiger partial charge in [-0.1, -0.05) is 6.07 Å². The highest BCUT2D eigenvalue weighted by atomic mass is 16.1. The number of nitrogens with one attached hydrogen (secondary N) is 2. The third-order valence-electron chi connectivity index (χ3n) is 2.45. The van der Waals surface area contributed by atoms with Crippen molar-refractivity contribution >= 4 is 11.7 Å². The number of nitrogens with zero attached hydrogens (tertiary/aromatic N) is 3. The maximum absolute atomic E-state index is 11.9. The number of aromatic nitrogens is 3. The smallest absolute Gasteiger partial charge is 0.270 e. The average molecular weight is 245 g/mol. The van der Waals surface area contributed by atoms with Crippen LogP contribution in [-0.2, 0) is 13.6 Å². The van der Waals surface area contributed by atoms with E-state index >= 15 is 0 Å². The van der Waals surface area contributed by atoms with Gasteiger partial charge in [-0.3, -0.25) is 9.48 Å². The summed E-state index contributed by atoms with van der Waals surface area (Å²) in [4.78, 5) is 16.0. The maximum atomic E-state index is 11.9. The van der Waals surface area contributed by atoms with Gasteiger partial charge in [0.1, 0.15) is 11.5 Å². The topological polar surface area (TPSA) is 71.8 Å². The molecule has 6 heteroatoms. The Kier molecular flexibility index (Phi) is 3.57. The van der Waals surface area contributed by atoms with Crippen molar-refractivity contribution < 1.29 is 4.79 Å². The van der Waals surface area contributed by atoms with Gasteiger partial charge in [-0.05, 0) is 12.1 Å². The Balaban J connectivity index is 1.99. The summed E-state index contributed by atoms with van der Waals surface area (Å²) in [5.41, 5.74) is 1.35. The lowest BCUT2D eigenvalue weighted by Crippen LogP contribution is -2.23. The molecule has 0 atom stereocenters. The minimum atomic E-state index is -0.198. The Bertz CT molecular complexity index is 549. The standard InChI is InChI=1S/C12H15N5O/c1-13-11-5-3-4-10(16-11)12(18)14-6-9-7-15-17(2)8-9/h3-5,7-8H,6H2,1-2H3,(H,13,16)(H,14,18). The van der Waals surface area contributed by atoms with Crippen molar-refractivity contribution in [1.29, 1.82) is 0 Å². The predicted molar refractivity (Wildman–Crippen MR) is 68.2 cm³/mol. The van der Waals surface area contributed by atoms with Crippen LogP contribution in [0, 0.1) is 0 Å². The second-order valence-corrected chi connectivity index (χ2v) is 3.86. The van der Waals surface area contributed by atoms with Crippen LogP contribution in [0.3, 0.4) is 0 Å². The second kappa shape index (κ2) is 5.31. The van der Waals surface area contributed by atoms with Crippen molar-refractivity contribution in [2.45, 2.75) is 6.54 Å². The Labute approximate surface area is 105 Å². The molecule has 0 aromatic carbocycles. The molecule has 94 valence electrons. The molecule has 1 amide bonds. The number of hydrogen-bond donors (Lipinski definition) is 2. The van der Waals surface area contributed by atoms with Crippen LogP contribution >= 0.6 is 0 Å². The maximum Gasteiger partial charge on any atom is 0.270 e. The molecule has 0 aliphatic heterocycles. The summed E-state index contributed by atoms with van der Waals surface area (Å²) >= 11 is 0. The lowest BCUT2D eigenvalue weighted by Gasteiger charge is -2.04. The minimum Gasteiger partial charge on any atom is -0.373 e. The molecule has 2 aromatic heterocycles. The zero-order chi connectivity index (χ0) is 13.0. The minimum absolute atomic E-state index is 0.198. The fourth-order valence-electron chi connectivity index (χ4n) is 1.54. The number of carbonyl (C=O) groups excluding carboxylic acids is 1. The SMILES string of the molecule is CNc1cccc(C(=O)NCc2cnn(C)c2)n1. The molecule has 0 radical (unpaired) electrons. The molecule has 0 aliphatic carbocycles. The van der Waals surface area contributed by atoms with Crippen LogP contribution in [0.5, 0.6) is 0 Å². The van der Waals surface area contributed by atoms with E-state index < -0.39 is 0 Å². The van der Waals surface area contributed by atoms with E-state index in [2.05, 4.69) is 20.7 Å². The van der Waals surface area contributed by atoms with Crippen molar-refractivity contribution in [3.8, 4) is 0 Å². The van der Waals surface area contributed by atoms with Gasteiger partial charge >= 0.3 is 0 Å². The molecule has 18 heavy (non-hydrogen) atoms. The monoisotopic (exact) mass is 245 g/mol. The normalized spacial score (nSPS) is 10.1. The first-order chi connectivity index (χ1) is 8.69. The number of carbonyl (C=O) groups is 1. The van der Waals surface area contributed by atoms with E-state index in [-0.39, 0.29) is 5.91 Å². The zero-order valence-electron chi connectivity index (χ0n) is 10.3. The summed E-state index contributed by atoms with van der Waals surface area (Å²) < 4.78 is 1.70. The first kappa shape index (κ1) is 12.1. The van der Waals surface area contributed by atoms with E-state index in [1.807, 2.05) is 13.2 Å². The first-order valence-electron chi connectivity index (χ1n) is 5.59. The van der Waals surface area contributed by atoms with Gasteiger partial charge in [0.2, 0.25) is 0 Å². The van der Waals surface area contributed by atoms with Gasteiger partial charge in [0.15, 0.2) is 0 Å². The molecule has 0 bridgehead atoms. The number of amides is 1. The molecule has 6 nitrogen and oxygen atoms in total. The van der Waals surface area contributed by atoms with Crippen LogP contribution in [0.4, 0.5) is 5.82 Å². The molecular weight excluding hydrogens is 230 g/mol. The number of aryl methyl sites for hydroxylation is 1. The highest BCUT2D eigenvalue weighted by Crippen LogP contribution is 2.04. The van der Waals surface area contributed by atoms with Crippen molar-refractivity contribution in [1.82, 2.24) is 20.1 Å². The number of rotatable bonds is 4. The molecule has 2 heterocycles. The van der Waals surface area contributed by atoms with Crippen LogP contribution in [0.15, 0.2) is 30.6 Å². The molecule has 2 aromatic rings. The van der Waals surface area contributed by atoms with E-state index in [1.54, 1.807) is 36.1 Å². The zero-order valence-corrected chi connectivity index (χ0v) is 10.3. The van der Waals surface area contributed by atoms with E-state index in [0.29, 0.717) is 18.1 Å². The van der Waals surface area contributed by atoms with Gasteiger partial charge in [-0.2, -0.15) is 5.10 Å². The van der Waals surface area contributed by atoms with Gasteiger partial charge in [0.05, 0.1) is 6.20 Å². The quantitative estimate of drug-likeness (QED) is 0.835. The van der Waals surface area contributed by atoms with Crippen LogP contribution < -0.4 is 10.6 Å². The van der Waals surface area contributed by atoms with Gasteiger partial charge < -0.3 is 10.6 Å². The van der Waals surface area contributed by atoms with Gasteiger partial charge in [0.25, 0.3) is 5.91 Å². The molecule has 2 N–H and O–H groups in total. The van der Waals surface area contributed by atoms with Crippen LogP contribution in [-0.4, -0.2) is 27.7 Å². The van der Waals surface area contributed by atoms with Gasteiger partial charge in [-0.15, -0.1) is 0 Å². The van der Waals surface area contributed by atoms with Crippen molar-refractivity contribution in [3.63, 3.8) is 0 Å². The largest absolute Gasteiger partial charge is 0.373 e. The fraction of sp³-hybridized carbons (Fsp3) is 0.250. The summed E-state index contributed by atoms with van der Waals surface area (Å²) in [7, 11) is 3.60. The summed E-state index contributed by atoms with van der Waals surface area (Å²) in [6.07, 6.45) is 3.58.